The Hall–Kier alpha value is -2.47. The van der Waals surface area contributed by atoms with Gasteiger partial charge in [0.05, 0.1) is 12.2 Å². The number of carbonyl (C=O) groups is 1. The smallest absolute Gasteiger partial charge is 0.317 e. The Morgan fingerprint density at radius 3 is 2.95 bits per heavy atom. The van der Waals surface area contributed by atoms with Gasteiger partial charge in [0.2, 0.25) is 0 Å². The van der Waals surface area contributed by atoms with Crippen LogP contribution in [0.2, 0.25) is 0 Å². The van der Waals surface area contributed by atoms with Crippen LogP contribution in [-0.2, 0) is 11.3 Å². The summed E-state index contributed by atoms with van der Waals surface area (Å²) in [6.45, 7) is 6.11. The van der Waals surface area contributed by atoms with Gasteiger partial charge in [-0.2, -0.15) is 0 Å². The van der Waals surface area contributed by atoms with E-state index >= 15 is 0 Å². The molecule has 0 fully saturated rings. The average Bonchev–Trinajstić information content (AvgIpc) is 2.37. The second-order valence-electron chi connectivity index (χ2n) is 4.87. The molecule has 0 spiro atoms. The van der Waals surface area contributed by atoms with Crippen LogP contribution in [0.3, 0.4) is 0 Å². The monoisotopic (exact) mass is 287 g/mol. The van der Waals surface area contributed by atoms with Crippen molar-refractivity contribution >= 4 is 11.6 Å². The average molecular weight is 287 g/mol. The Kier molecular flexibility index (Phi) is 4.49. The number of rotatable bonds is 6. The molecule has 0 aromatic carbocycles. The molecule has 6 heteroatoms. The molecular formula is C15H17N3O3. The molecule has 0 aliphatic carbocycles. The van der Waals surface area contributed by atoms with E-state index in [2.05, 4.69) is 11.6 Å². The Morgan fingerprint density at radius 1 is 1.52 bits per heavy atom. The van der Waals surface area contributed by atoms with E-state index in [9.17, 15) is 9.59 Å². The zero-order chi connectivity index (χ0) is 15.4. The van der Waals surface area contributed by atoms with Gasteiger partial charge in [0.25, 0.3) is 5.56 Å². The van der Waals surface area contributed by atoms with Crippen LogP contribution in [0, 0.1) is 6.92 Å². The normalized spacial score (nSPS) is 11.0. The molecule has 0 atom stereocenters. The highest BCUT2D eigenvalue weighted by Crippen LogP contribution is 2.05. The van der Waals surface area contributed by atoms with Gasteiger partial charge in [-0.3, -0.25) is 18.9 Å². The predicted molar refractivity (Wildman–Crippen MR) is 79.3 cm³/mol. The highest BCUT2D eigenvalue weighted by Gasteiger charge is 2.11. The maximum atomic E-state index is 12.0. The Balaban J connectivity index is 2.34. The van der Waals surface area contributed by atoms with Crippen LogP contribution < -0.4 is 5.56 Å². The van der Waals surface area contributed by atoms with E-state index < -0.39 is 5.97 Å². The fraction of sp³-hybridized carbons (Fsp3) is 0.267. The maximum absolute atomic E-state index is 12.0. The highest BCUT2D eigenvalue weighted by atomic mass is 16.4. The van der Waals surface area contributed by atoms with Crippen molar-refractivity contribution in [2.75, 3.05) is 13.1 Å². The Morgan fingerprint density at radius 2 is 2.29 bits per heavy atom. The van der Waals surface area contributed by atoms with Crippen LogP contribution in [-0.4, -0.2) is 38.4 Å². The number of nitrogens with zero attached hydrogens (tertiary/aromatic N) is 3. The summed E-state index contributed by atoms with van der Waals surface area (Å²) in [4.78, 5) is 29.0. The zero-order valence-electron chi connectivity index (χ0n) is 11.8. The van der Waals surface area contributed by atoms with Crippen molar-refractivity contribution in [3.8, 4) is 0 Å². The van der Waals surface area contributed by atoms with Crippen molar-refractivity contribution < 1.29 is 9.90 Å². The number of fused-ring (bicyclic) bond motifs is 1. The molecule has 0 aliphatic rings. The van der Waals surface area contributed by atoms with Crippen molar-refractivity contribution in [2.45, 2.75) is 13.5 Å². The molecule has 0 saturated carbocycles. The van der Waals surface area contributed by atoms with E-state index in [0.717, 1.165) is 5.56 Å². The summed E-state index contributed by atoms with van der Waals surface area (Å²) in [6, 6.07) is 5.09. The van der Waals surface area contributed by atoms with Crippen LogP contribution >= 0.6 is 0 Å². The minimum Gasteiger partial charge on any atom is -0.480 e. The summed E-state index contributed by atoms with van der Waals surface area (Å²) in [6.07, 6.45) is 3.31. The Bertz CT molecular complexity index is 737. The molecule has 0 saturated heterocycles. The van der Waals surface area contributed by atoms with Crippen molar-refractivity contribution in [3.63, 3.8) is 0 Å². The summed E-state index contributed by atoms with van der Waals surface area (Å²) >= 11 is 0. The van der Waals surface area contributed by atoms with Crippen LogP contribution in [0.1, 0.15) is 11.3 Å². The molecule has 0 amide bonds. The summed E-state index contributed by atoms with van der Waals surface area (Å²) in [5.74, 6) is -0.926. The van der Waals surface area contributed by atoms with Gasteiger partial charge in [0, 0.05) is 25.4 Å². The lowest BCUT2D eigenvalue weighted by molar-refractivity contribution is -0.138. The van der Waals surface area contributed by atoms with Crippen molar-refractivity contribution in [2.24, 2.45) is 0 Å². The molecule has 2 heterocycles. The van der Waals surface area contributed by atoms with Gasteiger partial charge in [-0.25, -0.2) is 4.98 Å². The summed E-state index contributed by atoms with van der Waals surface area (Å²) in [7, 11) is 0. The van der Waals surface area contributed by atoms with Crippen molar-refractivity contribution in [3.05, 3.63) is 58.7 Å². The second-order valence-corrected chi connectivity index (χ2v) is 4.87. The number of hydrogen-bond donors (Lipinski definition) is 1. The van der Waals surface area contributed by atoms with Crippen LogP contribution in [0.4, 0.5) is 0 Å². The Labute approximate surface area is 122 Å². The van der Waals surface area contributed by atoms with Gasteiger partial charge in [0.15, 0.2) is 0 Å². The number of aryl methyl sites for hydroxylation is 1. The number of hydrogen-bond acceptors (Lipinski definition) is 4. The fourth-order valence-electron chi connectivity index (χ4n) is 2.12. The van der Waals surface area contributed by atoms with Crippen molar-refractivity contribution in [1.82, 2.24) is 14.3 Å². The number of carboxylic acid groups (broad SMARTS) is 1. The third kappa shape index (κ3) is 3.76. The van der Waals surface area contributed by atoms with Crippen LogP contribution in [0.5, 0.6) is 0 Å². The number of aliphatic carboxylic acids is 1. The standard InChI is InChI=1S/C15H17N3O3/c1-3-5-17(10-15(20)21)9-12-8-14(19)18-6-4-11(2)7-13(18)16-12/h3-4,6-8H,1,5,9-10H2,2H3,(H,20,21). The van der Waals surface area contributed by atoms with Crippen LogP contribution in [0.25, 0.3) is 5.65 Å². The fourth-order valence-corrected chi connectivity index (χ4v) is 2.12. The predicted octanol–water partition coefficient (Wildman–Crippen LogP) is 1.08. The summed E-state index contributed by atoms with van der Waals surface area (Å²) < 4.78 is 1.46. The third-order valence-corrected chi connectivity index (χ3v) is 3.01. The lowest BCUT2D eigenvalue weighted by Crippen LogP contribution is -2.30. The SMILES string of the molecule is C=CCN(CC(=O)O)Cc1cc(=O)n2ccc(C)cc2n1. The van der Waals surface area contributed by atoms with E-state index in [-0.39, 0.29) is 18.6 Å². The molecule has 0 aliphatic heterocycles. The first-order chi connectivity index (χ1) is 9.99. The minimum absolute atomic E-state index is 0.124. The molecule has 2 aromatic heterocycles. The zero-order valence-corrected chi connectivity index (χ0v) is 11.8. The molecule has 2 rings (SSSR count). The van der Waals surface area contributed by atoms with Gasteiger partial charge < -0.3 is 5.11 Å². The van der Waals surface area contributed by atoms with Gasteiger partial charge >= 0.3 is 5.97 Å². The first-order valence-corrected chi connectivity index (χ1v) is 6.53. The molecule has 0 unspecified atom stereocenters. The molecule has 2 aromatic rings. The first-order valence-electron chi connectivity index (χ1n) is 6.53. The number of pyridine rings is 1. The molecule has 110 valence electrons. The summed E-state index contributed by atoms with van der Waals surface area (Å²) in [5.41, 5.74) is 1.94. The third-order valence-electron chi connectivity index (χ3n) is 3.01. The van der Waals surface area contributed by atoms with E-state index in [1.165, 1.54) is 10.5 Å². The van der Waals surface area contributed by atoms with E-state index in [1.807, 2.05) is 19.1 Å². The van der Waals surface area contributed by atoms with E-state index in [4.69, 9.17) is 5.11 Å². The number of aromatic nitrogens is 2. The molecule has 0 bridgehead atoms. The van der Waals surface area contributed by atoms with Gasteiger partial charge in [-0.05, 0) is 24.6 Å². The summed E-state index contributed by atoms with van der Waals surface area (Å²) in [5, 5.41) is 8.89. The van der Waals surface area contributed by atoms with Crippen LogP contribution in [0.15, 0.2) is 41.8 Å². The quantitative estimate of drug-likeness (QED) is 0.805. The largest absolute Gasteiger partial charge is 0.480 e. The maximum Gasteiger partial charge on any atom is 0.317 e. The van der Waals surface area contributed by atoms with Gasteiger partial charge in [0.1, 0.15) is 5.65 Å². The molecule has 21 heavy (non-hydrogen) atoms. The molecular weight excluding hydrogens is 270 g/mol. The molecule has 1 N–H and O–H groups in total. The number of carboxylic acids is 1. The lowest BCUT2D eigenvalue weighted by Gasteiger charge is -2.17. The van der Waals surface area contributed by atoms with E-state index in [0.29, 0.717) is 17.9 Å². The topological polar surface area (TPSA) is 74.9 Å². The molecule has 6 nitrogen and oxygen atoms in total. The lowest BCUT2D eigenvalue weighted by atomic mass is 10.3. The van der Waals surface area contributed by atoms with Crippen molar-refractivity contribution in [1.29, 1.82) is 0 Å². The molecule has 0 radical (unpaired) electrons. The first kappa shape index (κ1) is 14.9. The minimum atomic E-state index is -0.926. The second kappa shape index (κ2) is 6.32. The van der Waals surface area contributed by atoms with Gasteiger partial charge in [-0.1, -0.05) is 6.08 Å². The van der Waals surface area contributed by atoms with E-state index in [1.54, 1.807) is 17.2 Å². The highest BCUT2D eigenvalue weighted by molar-refractivity contribution is 5.69. The van der Waals surface area contributed by atoms with Gasteiger partial charge in [-0.15, -0.1) is 6.58 Å².